The lowest BCUT2D eigenvalue weighted by Crippen LogP contribution is -2.49. The number of Topliss-reactive ketones (excluding diaryl/α,β-unsaturated/α-hetero) is 1. The Bertz CT molecular complexity index is 582. The van der Waals surface area contributed by atoms with Gasteiger partial charge in [0.1, 0.15) is 5.78 Å². The van der Waals surface area contributed by atoms with Gasteiger partial charge in [0.2, 0.25) is 0 Å². The topological polar surface area (TPSA) is 46.5 Å². The zero-order chi connectivity index (χ0) is 17.8. The molecule has 0 radical (unpaired) electrons. The first-order chi connectivity index (χ1) is 11.9. The third-order valence-corrected chi connectivity index (χ3v) is 8.50. The van der Waals surface area contributed by atoms with Crippen LogP contribution in [0.15, 0.2) is 11.6 Å². The summed E-state index contributed by atoms with van der Waals surface area (Å²) in [7, 11) is 1.68. The van der Waals surface area contributed by atoms with Crippen molar-refractivity contribution in [3.05, 3.63) is 11.6 Å². The molecule has 0 heterocycles. The first-order valence-corrected chi connectivity index (χ1v) is 10.3. The lowest BCUT2D eigenvalue weighted by molar-refractivity contribution is -0.127. The predicted octanol–water partition coefficient (Wildman–Crippen LogP) is 4.14. The molecule has 0 aromatic carbocycles. The lowest BCUT2D eigenvalue weighted by Gasteiger charge is -2.54. The highest BCUT2D eigenvalue weighted by molar-refractivity contribution is 5.79. The van der Waals surface area contributed by atoms with Crippen LogP contribution in [0.25, 0.3) is 0 Å². The highest BCUT2D eigenvalue weighted by atomic mass is 16.5. The first-order valence-electron chi connectivity index (χ1n) is 10.3. The zero-order valence-corrected chi connectivity index (χ0v) is 16.1. The van der Waals surface area contributed by atoms with E-state index in [1.165, 1.54) is 24.8 Å². The monoisotopic (exact) mass is 346 g/mol. The van der Waals surface area contributed by atoms with E-state index in [0.29, 0.717) is 24.2 Å². The number of hydrogen-bond acceptors (Lipinski definition) is 3. The normalized spacial score (nSPS) is 49.0. The smallest absolute Gasteiger partial charge is 0.133 e. The SMILES string of the molecule is COCC1(O)CCC2C(=CCC3C2CCC2(C)C(C(C)=O)CCC32)C1. The summed E-state index contributed by atoms with van der Waals surface area (Å²) in [5.41, 5.74) is 1.08. The summed E-state index contributed by atoms with van der Waals surface area (Å²) >= 11 is 0. The van der Waals surface area contributed by atoms with Gasteiger partial charge in [0, 0.05) is 13.0 Å². The molecular weight excluding hydrogens is 312 g/mol. The summed E-state index contributed by atoms with van der Waals surface area (Å²) in [5, 5.41) is 10.8. The van der Waals surface area contributed by atoms with Crippen LogP contribution < -0.4 is 0 Å². The zero-order valence-electron chi connectivity index (χ0n) is 16.1. The molecule has 7 unspecified atom stereocenters. The fraction of sp³-hybridized carbons (Fsp3) is 0.864. The van der Waals surface area contributed by atoms with E-state index >= 15 is 0 Å². The molecule has 0 aliphatic heterocycles. The molecule has 7 atom stereocenters. The van der Waals surface area contributed by atoms with E-state index in [1.807, 2.05) is 0 Å². The minimum atomic E-state index is -0.653. The van der Waals surface area contributed by atoms with Crippen LogP contribution in [-0.4, -0.2) is 30.2 Å². The van der Waals surface area contributed by atoms with Gasteiger partial charge in [0.05, 0.1) is 12.2 Å². The molecule has 4 aliphatic carbocycles. The van der Waals surface area contributed by atoms with Crippen molar-refractivity contribution in [1.29, 1.82) is 0 Å². The Balaban J connectivity index is 1.56. The van der Waals surface area contributed by atoms with Gasteiger partial charge in [0.25, 0.3) is 0 Å². The van der Waals surface area contributed by atoms with Gasteiger partial charge in [-0.3, -0.25) is 4.79 Å². The van der Waals surface area contributed by atoms with Crippen molar-refractivity contribution >= 4 is 5.78 Å². The minimum Gasteiger partial charge on any atom is -0.387 e. The molecule has 4 rings (SSSR count). The molecule has 0 amide bonds. The fourth-order valence-corrected chi connectivity index (χ4v) is 7.42. The summed E-state index contributed by atoms with van der Waals surface area (Å²) in [6.07, 6.45) is 11.2. The largest absolute Gasteiger partial charge is 0.387 e. The molecule has 3 fully saturated rings. The summed E-state index contributed by atoms with van der Waals surface area (Å²) in [4.78, 5) is 12.2. The number of methoxy groups -OCH3 is 1. The minimum absolute atomic E-state index is 0.240. The van der Waals surface area contributed by atoms with Crippen LogP contribution in [-0.2, 0) is 9.53 Å². The number of fused-ring (bicyclic) bond motifs is 5. The van der Waals surface area contributed by atoms with Crippen molar-refractivity contribution < 1.29 is 14.6 Å². The number of allylic oxidation sites excluding steroid dienone is 1. The molecule has 0 spiro atoms. The van der Waals surface area contributed by atoms with Crippen molar-refractivity contribution in [2.75, 3.05) is 13.7 Å². The molecule has 3 nitrogen and oxygen atoms in total. The second kappa shape index (κ2) is 6.20. The number of ketones is 1. The Morgan fingerprint density at radius 3 is 2.76 bits per heavy atom. The van der Waals surface area contributed by atoms with Gasteiger partial charge < -0.3 is 9.84 Å². The average molecular weight is 347 g/mol. The molecule has 4 aliphatic rings. The van der Waals surface area contributed by atoms with Gasteiger partial charge in [-0.05, 0) is 87.4 Å². The molecule has 0 bridgehead atoms. The Hall–Kier alpha value is -0.670. The number of carbonyl (C=O) groups excluding carboxylic acids is 1. The summed E-state index contributed by atoms with van der Waals surface area (Å²) in [6, 6.07) is 0. The Morgan fingerprint density at radius 1 is 1.24 bits per heavy atom. The molecular formula is C22H34O3. The number of hydrogen-bond donors (Lipinski definition) is 1. The van der Waals surface area contributed by atoms with Crippen LogP contribution in [0.5, 0.6) is 0 Å². The van der Waals surface area contributed by atoms with Gasteiger partial charge >= 0.3 is 0 Å². The summed E-state index contributed by atoms with van der Waals surface area (Å²) in [6.45, 7) is 4.66. The van der Waals surface area contributed by atoms with E-state index < -0.39 is 5.60 Å². The Kier molecular flexibility index (Phi) is 4.39. The number of aliphatic hydroxyl groups is 1. The maximum Gasteiger partial charge on any atom is 0.133 e. The summed E-state index contributed by atoms with van der Waals surface area (Å²) < 4.78 is 5.27. The molecule has 140 valence electrons. The molecule has 0 aromatic rings. The molecule has 3 heteroatoms. The van der Waals surface area contributed by atoms with Crippen molar-refractivity contribution in [3.63, 3.8) is 0 Å². The van der Waals surface area contributed by atoms with Crippen LogP contribution in [0, 0.1) is 35.0 Å². The van der Waals surface area contributed by atoms with Crippen LogP contribution in [0.4, 0.5) is 0 Å². The number of ether oxygens (including phenoxy) is 1. The average Bonchev–Trinajstić information content (AvgIpc) is 2.91. The molecule has 25 heavy (non-hydrogen) atoms. The third kappa shape index (κ3) is 2.73. The maximum absolute atomic E-state index is 12.2. The fourth-order valence-electron chi connectivity index (χ4n) is 7.42. The summed E-state index contributed by atoms with van der Waals surface area (Å²) in [5.74, 6) is 3.62. The third-order valence-electron chi connectivity index (χ3n) is 8.50. The van der Waals surface area contributed by atoms with Gasteiger partial charge in [-0.15, -0.1) is 0 Å². The van der Waals surface area contributed by atoms with Crippen molar-refractivity contribution in [2.24, 2.45) is 35.0 Å². The van der Waals surface area contributed by atoms with Crippen LogP contribution in [0.3, 0.4) is 0 Å². The van der Waals surface area contributed by atoms with Gasteiger partial charge in [-0.1, -0.05) is 18.6 Å². The second-order valence-electron chi connectivity index (χ2n) is 9.71. The van der Waals surface area contributed by atoms with E-state index in [1.54, 1.807) is 14.0 Å². The van der Waals surface area contributed by atoms with Gasteiger partial charge in [0.15, 0.2) is 0 Å². The molecule has 0 aromatic heterocycles. The second-order valence-corrected chi connectivity index (χ2v) is 9.71. The van der Waals surface area contributed by atoms with Crippen molar-refractivity contribution in [1.82, 2.24) is 0 Å². The highest BCUT2D eigenvalue weighted by Gasteiger charge is 2.57. The predicted molar refractivity (Wildman–Crippen MR) is 98.1 cm³/mol. The Labute approximate surface area is 152 Å². The van der Waals surface area contributed by atoms with E-state index in [2.05, 4.69) is 13.0 Å². The van der Waals surface area contributed by atoms with E-state index in [9.17, 15) is 9.90 Å². The molecule has 0 saturated heterocycles. The molecule has 1 N–H and O–H groups in total. The van der Waals surface area contributed by atoms with Crippen LogP contribution in [0.2, 0.25) is 0 Å². The standard InChI is InChI=1S/C22H34O3/c1-14(23)19-6-7-20-18-5-4-15-12-22(24,13-25-3)11-9-16(15)17(18)8-10-21(19,20)2/h4,16-20,24H,5-13H2,1-3H3. The van der Waals surface area contributed by atoms with Crippen LogP contribution in [0.1, 0.15) is 65.2 Å². The van der Waals surface area contributed by atoms with Gasteiger partial charge in [-0.25, -0.2) is 0 Å². The van der Waals surface area contributed by atoms with Crippen LogP contribution >= 0.6 is 0 Å². The first kappa shape index (κ1) is 17.7. The highest BCUT2D eigenvalue weighted by Crippen LogP contribution is 2.63. The quantitative estimate of drug-likeness (QED) is 0.781. The van der Waals surface area contributed by atoms with E-state index in [0.717, 1.165) is 49.9 Å². The van der Waals surface area contributed by atoms with Crippen molar-refractivity contribution in [3.8, 4) is 0 Å². The maximum atomic E-state index is 12.2. The van der Waals surface area contributed by atoms with Crippen molar-refractivity contribution in [2.45, 2.75) is 70.8 Å². The number of rotatable bonds is 3. The van der Waals surface area contributed by atoms with E-state index in [4.69, 9.17) is 4.74 Å². The Morgan fingerprint density at radius 2 is 2.04 bits per heavy atom. The van der Waals surface area contributed by atoms with Gasteiger partial charge in [-0.2, -0.15) is 0 Å². The molecule has 3 saturated carbocycles. The lowest BCUT2D eigenvalue weighted by atomic mass is 9.51. The van der Waals surface area contributed by atoms with E-state index in [-0.39, 0.29) is 5.41 Å². The number of carbonyl (C=O) groups is 1.